The minimum atomic E-state index is -1.53. The summed E-state index contributed by atoms with van der Waals surface area (Å²) in [6.07, 6.45) is 0. The van der Waals surface area contributed by atoms with Gasteiger partial charge in [-0.15, -0.1) is 0 Å². The first-order valence-corrected chi connectivity index (χ1v) is 14.6. The Bertz CT molecular complexity index is 1650. The van der Waals surface area contributed by atoms with Gasteiger partial charge in [-0.2, -0.15) is 0 Å². The van der Waals surface area contributed by atoms with Crippen LogP contribution in [0, 0.1) is 5.92 Å². The Morgan fingerprint density at radius 1 is 0.837 bits per heavy atom. The van der Waals surface area contributed by atoms with Gasteiger partial charge in [0.1, 0.15) is 17.4 Å². The fourth-order valence-corrected chi connectivity index (χ4v) is 6.98. The third-order valence-corrected chi connectivity index (χ3v) is 8.71. The molecule has 4 atom stereocenters. The van der Waals surface area contributed by atoms with Crippen LogP contribution in [0.4, 0.5) is 11.4 Å². The number of hydrogen-bond acceptors (Lipinski definition) is 6. The topological polar surface area (TPSA) is 76.2 Å². The summed E-state index contributed by atoms with van der Waals surface area (Å²) in [5.41, 5.74) is 2.13. The Kier molecular flexibility index (Phi) is 7.67. The van der Waals surface area contributed by atoms with Gasteiger partial charge in [-0.05, 0) is 53.9 Å². The molecule has 1 fully saturated rings. The average Bonchev–Trinajstić information content (AvgIpc) is 3.48. The highest BCUT2D eigenvalue weighted by molar-refractivity contribution is 6.30. The van der Waals surface area contributed by atoms with Crippen LogP contribution in [0.15, 0.2) is 109 Å². The molecule has 4 aromatic rings. The van der Waals surface area contributed by atoms with Crippen LogP contribution < -0.4 is 9.80 Å². The van der Waals surface area contributed by atoms with Crippen LogP contribution in [0.5, 0.6) is 0 Å². The summed E-state index contributed by atoms with van der Waals surface area (Å²) in [6, 6.07) is 31.8. The molecule has 0 aromatic heterocycles. The lowest BCUT2D eigenvalue weighted by atomic mass is 9.65. The Morgan fingerprint density at radius 2 is 1.47 bits per heavy atom. The van der Waals surface area contributed by atoms with E-state index in [9.17, 15) is 9.59 Å². The van der Waals surface area contributed by atoms with E-state index in [2.05, 4.69) is 0 Å². The molecule has 1 amide bonds. The van der Waals surface area contributed by atoms with Crippen LogP contribution in [-0.4, -0.2) is 37.6 Å². The average molecular weight is 595 g/mol. The summed E-state index contributed by atoms with van der Waals surface area (Å²) in [7, 11) is 1.29. The third-order valence-electron chi connectivity index (χ3n) is 8.46. The Morgan fingerprint density at radius 3 is 2.12 bits per heavy atom. The maximum Gasteiger partial charge on any atom is 0.329 e. The van der Waals surface area contributed by atoms with Gasteiger partial charge in [-0.25, -0.2) is 4.79 Å². The van der Waals surface area contributed by atoms with E-state index in [4.69, 9.17) is 21.1 Å². The minimum Gasteiger partial charge on any atom is -0.469 e. The SMILES string of the molecule is CCOC(=O)[C@@H]1[C@@H](C(=O)OC)[C@]2(C(=O)N(Cc3ccccc3)c3ccccc32)[C@@H](c2ccccc2)N1c1ccc(Cl)cc1. The molecule has 0 saturated carbocycles. The van der Waals surface area contributed by atoms with E-state index < -0.39 is 35.4 Å². The van der Waals surface area contributed by atoms with Crippen LogP contribution >= 0.6 is 11.6 Å². The molecule has 2 heterocycles. The standard InChI is InChI=1S/C35H31ClN2O5/c1-3-43-33(40)30-29(32(39)42-2)35(31(24-14-8-5-9-15-24)38(30)26-20-18-25(36)19-21-26)27-16-10-11-17-28(27)37(34(35)41)22-23-12-6-4-7-13-23/h4-21,29-31H,3,22H2,1-2H3/t29-,30-,31+,35-/m0/s1. The van der Waals surface area contributed by atoms with Gasteiger partial charge < -0.3 is 19.3 Å². The summed E-state index contributed by atoms with van der Waals surface area (Å²) < 4.78 is 11.0. The molecule has 0 unspecified atom stereocenters. The molecule has 0 aliphatic carbocycles. The molecule has 6 rings (SSSR count). The molecule has 7 nitrogen and oxygen atoms in total. The number of carbonyl (C=O) groups excluding carboxylic acids is 3. The molecule has 1 spiro atoms. The normalized spacial score (nSPS) is 22.5. The molecule has 0 bridgehead atoms. The second-order valence-corrected chi connectivity index (χ2v) is 11.1. The molecular formula is C35H31ClN2O5. The molecule has 1 saturated heterocycles. The van der Waals surface area contributed by atoms with Crippen molar-refractivity contribution >= 4 is 40.8 Å². The number of esters is 2. The van der Waals surface area contributed by atoms with E-state index in [0.717, 1.165) is 11.1 Å². The van der Waals surface area contributed by atoms with E-state index in [1.807, 2.05) is 89.8 Å². The number of benzene rings is 4. The summed E-state index contributed by atoms with van der Waals surface area (Å²) in [4.78, 5) is 46.9. The van der Waals surface area contributed by atoms with E-state index >= 15 is 4.79 Å². The monoisotopic (exact) mass is 594 g/mol. The second kappa shape index (κ2) is 11.6. The number of ether oxygens (including phenoxy) is 2. The van der Waals surface area contributed by atoms with E-state index in [1.54, 1.807) is 36.1 Å². The number of carbonyl (C=O) groups is 3. The van der Waals surface area contributed by atoms with Crippen molar-refractivity contribution in [3.8, 4) is 0 Å². The van der Waals surface area contributed by atoms with Gasteiger partial charge in [0.15, 0.2) is 0 Å². The first kappa shape index (κ1) is 28.5. The van der Waals surface area contributed by atoms with E-state index in [-0.39, 0.29) is 12.5 Å². The second-order valence-electron chi connectivity index (χ2n) is 10.7. The van der Waals surface area contributed by atoms with Crippen molar-refractivity contribution in [3.63, 3.8) is 0 Å². The van der Waals surface area contributed by atoms with Gasteiger partial charge >= 0.3 is 11.9 Å². The van der Waals surface area contributed by atoms with Crippen LogP contribution in [0.2, 0.25) is 5.02 Å². The van der Waals surface area contributed by atoms with Gasteiger partial charge in [0, 0.05) is 16.4 Å². The van der Waals surface area contributed by atoms with Crippen molar-refractivity contribution in [2.75, 3.05) is 23.5 Å². The summed E-state index contributed by atoms with van der Waals surface area (Å²) in [6.45, 7) is 2.11. The van der Waals surface area contributed by atoms with Gasteiger partial charge in [0.25, 0.3) is 0 Å². The van der Waals surface area contributed by atoms with Crippen molar-refractivity contribution in [2.24, 2.45) is 5.92 Å². The molecule has 0 N–H and O–H groups in total. The molecule has 218 valence electrons. The van der Waals surface area contributed by atoms with Crippen LogP contribution in [-0.2, 0) is 35.8 Å². The number of nitrogens with zero attached hydrogens (tertiary/aromatic N) is 2. The third kappa shape index (κ3) is 4.55. The zero-order chi connectivity index (χ0) is 30.1. The Hall–Kier alpha value is -4.62. The van der Waals surface area contributed by atoms with Gasteiger partial charge in [-0.3, -0.25) is 9.59 Å². The zero-order valence-corrected chi connectivity index (χ0v) is 24.6. The maximum atomic E-state index is 15.3. The summed E-state index contributed by atoms with van der Waals surface area (Å²) in [5, 5.41) is 0.516. The fourth-order valence-electron chi connectivity index (χ4n) is 6.85. The van der Waals surface area contributed by atoms with Crippen molar-refractivity contribution in [3.05, 3.63) is 131 Å². The highest BCUT2D eigenvalue weighted by Gasteiger charge is 2.73. The number of fused-ring (bicyclic) bond motifs is 2. The highest BCUT2D eigenvalue weighted by atomic mass is 35.5. The number of anilines is 2. The Labute approximate surface area is 255 Å². The lowest BCUT2D eigenvalue weighted by Gasteiger charge is -2.37. The molecule has 43 heavy (non-hydrogen) atoms. The zero-order valence-electron chi connectivity index (χ0n) is 23.9. The smallest absolute Gasteiger partial charge is 0.329 e. The van der Waals surface area contributed by atoms with Crippen LogP contribution in [0.3, 0.4) is 0 Å². The van der Waals surface area contributed by atoms with Crippen LogP contribution in [0.1, 0.15) is 29.7 Å². The number of halogens is 1. The first-order chi connectivity index (χ1) is 20.9. The minimum absolute atomic E-state index is 0.103. The summed E-state index contributed by atoms with van der Waals surface area (Å²) >= 11 is 6.28. The van der Waals surface area contributed by atoms with Crippen molar-refractivity contribution < 1.29 is 23.9 Å². The number of rotatable bonds is 7. The van der Waals surface area contributed by atoms with Gasteiger partial charge in [0.2, 0.25) is 5.91 Å². The highest BCUT2D eigenvalue weighted by Crippen LogP contribution is 2.62. The lowest BCUT2D eigenvalue weighted by Crippen LogP contribution is -2.51. The van der Waals surface area contributed by atoms with Crippen molar-refractivity contribution in [1.82, 2.24) is 0 Å². The fraction of sp³-hybridized carbons (Fsp3) is 0.229. The van der Waals surface area contributed by atoms with Gasteiger partial charge in [-0.1, -0.05) is 90.5 Å². The largest absolute Gasteiger partial charge is 0.469 e. The van der Waals surface area contributed by atoms with E-state index in [0.29, 0.717) is 28.5 Å². The molecule has 2 aliphatic heterocycles. The number of hydrogen-bond donors (Lipinski definition) is 0. The molecule has 8 heteroatoms. The number of amides is 1. The van der Waals surface area contributed by atoms with Crippen molar-refractivity contribution in [1.29, 1.82) is 0 Å². The molecule has 4 aromatic carbocycles. The van der Waals surface area contributed by atoms with E-state index in [1.165, 1.54) is 7.11 Å². The number of para-hydroxylation sites is 1. The molecular weight excluding hydrogens is 564 g/mol. The summed E-state index contributed by atoms with van der Waals surface area (Å²) in [5.74, 6) is -2.79. The molecule has 2 aliphatic rings. The van der Waals surface area contributed by atoms with Crippen molar-refractivity contribution in [2.45, 2.75) is 31.0 Å². The lowest BCUT2D eigenvalue weighted by molar-refractivity contribution is -0.157. The first-order valence-electron chi connectivity index (χ1n) is 14.2. The Balaban J connectivity index is 1.68. The van der Waals surface area contributed by atoms with Gasteiger partial charge in [0.05, 0.1) is 26.3 Å². The van der Waals surface area contributed by atoms with Crippen LogP contribution in [0.25, 0.3) is 0 Å². The predicted molar refractivity (Wildman–Crippen MR) is 165 cm³/mol. The number of methoxy groups -OCH3 is 1. The predicted octanol–water partition coefficient (Wildman–Crippen LogP) is 6.11. The maximum absolute atomic E-state index is 15.3. The quantitative estimate of drug-likeness (QED) is 0.240. The molecule has 0 radical (unpaired) electrons.